The molecule has 0 aromatic heterocycles. The second kappa shape index (κ2) is 15.1. The number of anilines is 2. The highest BCUT2D eigenvalue weighted by Crippen LogP contribution is 2.23. The van der Waals surface area contributed by atoms with Gasteiger partial charge in [0.1, 0.15) is 11.6 Å². The Morgan fingerprint density at radius 2 is 1.75 bits per heavy atom. The highest BCUT2D eigenvalue weighted by molar-refractivity contribution is 6.30. The Morgan fingerprint density at radius 1 is 0.975 bits per heavy atom. The quantitative estimate of drug-likeness (QED) is 0.149. The Balaban J connectivity index is 1.46. The minimum Gasteiger partial charge on any atom is -0.356 e. The van der Waals surface area contributed by atoms with E-state index in [0.717, 1.165) is 31.4 Å². The maximum Gasteiger partial charge on any atom is 0.323 e. The number of amides is 5. The van der Waals surface area contributed by atoms with Crippen molar-refractivity contribution in [3.8, 4) is 0 Å². The highest BCUT2D eigenvalue weighted by atomic mass is 35.5. The monoisotopic (exact) mass is 579 g/mol. The van der Waals surface area contributed by atoms with Crippen LogP contribution in [-0.4, -0.2) is 53.5 Å². The molecule has 0 radical (unpaired) electrons. The van der Waals surface area contributed by atoms with E-state index in [1.54, 1.807) is 5.48 Å². The third-order valence-electron chi connectivity index (χ3n) is 6.48. The van der Waals surface area contributed by atoms with Crippen molar-refractivity contribution >= 4 is 46.7 Å². The summed E-state index contributed by atoms with van der Waals surface area (Å²) in [6.45, 7) is 1.13. The van der Waals surface area contributed by atoms with Crippen LogP contribution in [0.4, 0.5) is 25.0 Å². The van der Waals surface area contributed by atoms with Crippen molar-refractivity contribution in [2.24, 2.45) is 5.92 Å². The number of hydroxylamine groups is 1. The number of hydrogen-bond donors (Lipinski definition) is 5. The summed E-state index contributed by atoms with van der Waals surface area (Å²) in [6.07, 6.45) is 4.53. The summed E-state index contributed by atoms with van der Waals surface area (Å²) >= 11 is 5.62. The van der Waals surface area contributed by atoms with Gasteiger partial charge >= 0.3 is 6.03 Å². The van der Waals surface area contributed by atoms with Crippen molar-refractivity contribution in [3.05, 3.63) is 58.6 Å². The lowest BCUT2D eigenvalue weighted by Crippen LogP contribution is -2.45. The molecule has 0 bridgehead atoms. The number of halogens is 3. The summed E-state index contributed by atoms with van der Waals surface area (Å²) in [4.78, 5) is 50.3. The van der Waals surface area contributed by atoms with Gasteiger partial charge in [0.2, 0.25) is 11.8 Å². The summed E-state index contributed by atoms with van der Waals surface area (Å²) in [5.41, 5.74) is 1.63. The molecule has 1 atom stereocenters. The molecule has 1 unspecified atom stereocenters. The van der Waals surface area contributed by atoms with Gasteiger partial charge in [0.15, 0.2) is 0 Å². The van der Waals surface area contributed by atoms with Crippen LogP contribution in [-0.2, 0) is 9.59 Å². The van der Waals surface area contributed by atoms with Crippen LogP contribution in [0.25, 0.3) is 0 Å². The molecule has 2 aromatic carbocycles. The largest absolute Gasteiger partial charge is 0.356 e. The second-order valence-corrected chi connectivity index (χ2v) is 9.89. The van der Waals surface area contributed by atoms with E-state index in [1.165, 1.54) is 29.2 Å². The summed E-state index contributed by atoms with van der Waals surface area (Å²) < 4.78 is 28.3. The second-order valence-electron chi connectivity index (χ2n) is 9.48. The van der Waals surface area contributed by atoms with Crippen molar-refractivity contribution in [1.29, 1.82) is 0 Å². The van der Waals surface area contributed by atoms with E-state index in [9.17, 15) is 28.0 Å². The molecule has 1 saturated heterocycles. The van der Waals surface area contributed by atoms with E-state index in [4.69, 9.17) is 16.8 Å². The first-order chi connectivity index (χ1) is 19.2. The van der Waals surface area contributed by atoms with Crippen LogP contribution in [0.5, 0.6) is 0 Å². The van der Waals surface area contributed by atoms with E-state index in [1.807, 2.05) is 0 Å². The summed E-state index contributed by atoms with van der Waals surface area (Å²) in [6, 6.07) is 6.55. The maximum atomic E-state index is 14.7. The SMILES string of the molecule is O=C(CCCCCCNC(=O)C1CCCN(C(=O)c2ccc(NC(=O)Nc3ccc(Cl)c(F)c3)c(F)c2)C1)NO. The van der Waals surface area contributed by atoms with Gasteiger partial charge in [0.25, 0.3) is 5.91 Å². The normalized spacial score (nSPS) is 14.8. The van der Waals surface area contributed by atoms with Crippen LogP contribution < -0.4 is 21.4 Å². The predicted molar refractivity (Wildman–Crippen MR) is 145 cm³/mol. The molecular formula is C27H32ClF2N5O5. The fourth-order valence-corrected chi connectivity index (χ4v) is 4.46. The van der Waals surface area contributed by atoms with Crippen molar-refractivity contribution in [2.75, 3.05) is 30.3 Å². The van der Waals surface area contributed by atoms with E-state index in [-0.39, 0.29) is 46.8 Å². The van der Waals surface area contributed by atoms with Gasteiger partial charge in [-0.2, -0.15) is 0 Å². The zero-order valence-corrected chi connectivity index (χ0v) is 22.5. The number of likely N-dealkylation sites (tertiary alicyclic amines) is 1. The Hall–Kier alpha value is -3.77. The molecule has 1 fully saturated rings. The smallest absolute Gasteiger partial charge is 0.323 e. The minimum absolute atomic E-state index is 0.0826. The van der Waals surface area contributed by atoms with Crippen LogP contribution in [0.15, 0.2) is 36.4 Å². The predicted octanol–water partition coefficient (Wildman–Crippen LogP) is 4.69. The molecule has 216 valence electrons. The fourth-order valence-electron chi connectivity index (χ4n) is 4.34. The average molecular weight is 580 g/mol. The first-order valence-corrected chi connectivity index (χ1v) is 13.4. The van der Waals surface area contributed by atoms with E-state index in [0.29, 0.717) is 32.4 Å². The molecule has 0 spiro atoms. The van der Waals surface area contributed by atoms with Gasteiger partial charge in [0, 0.05) is 37.3 Å². The molecule has 10 nitrogen and oxygen atoms in total. The van der Waals surface area contributed by atoms with Crippen molar-refractivity contribution < 1.29 is 33.2 Å². The zero-order valence-electron chi connectivity index (χ0n) is 21.8. The van der Waals surface area contributed by atoms with Gasteiger partial charge in [-0.05, 0) is 62.1 Å². The van der Waals surface area contributed by atoms with E-state index >= 15 is 0 Å². The topological polar surface area (TPSA) is 140 Å². The van der Waals surface area contributed by atoms with Gasteiger partial charge in [-0.1, -0.05) is 24.4 Å². The molecule has 13 heteroatoms. The Kier molecular flexibility index (Phi) is 11.6. The van der Waals surface area contributed by atoms with Gasteiger partial charge in [-0.15, -0.1) is 0 Å². The number of piperidine rings is 1. The van der Waals surface area contributed by atoms with Crippen LogP contribution in [0.1, 0.15) is 55.3 Å². The molecule has 1 aliphatic rings. The van der Waals surface area contributed by atoms with Gasteiger partial charge in [0.05, 0.1) is 16.6 Å². The van der Waals surface area contributed by atoms with Crippen LogP contribution in [0.2, 0.25) is 5.02 Å². The van der Waals surface area contributed by atoms with Crippen LogP contribution >= 0.6 is 11.6 Å². The number of benzene rings is 2. The fraction of sp³-hybridized carbons (Fsp3) is 0.407. The number of carbonyl (C=O) groups is 4. The van der Waals surface area contributed by atoms with Gasteiger partial charge in [-0.25, -0.2) is 19.1 Å². The zero-order chi connectivity index (χ0) is 29.1. The Labute approximate surface area is 235 Å². The number of carbonyl (C=O) groups excluding carboxylic acids is 4. The van der Waals surface area contributed by atoms with E-state index in [2.05, 4.69) is 16.0 Å². The maximum absolute atomic E-state index is 14.7. The molecule has 2 aromatic rings. The molecular weight excluding hydrogens is 548 g/mol. The number of nitrogens with one attached hydrogen (secondary N) is 4. The Morgan fingerprint density at radius 3 is 2.48 bits per heavy atom. The van der Waals surface area contributed by atoms with Crippen molar-refractivity contribution in [2.45, 2.75) is 44.9 Å². The molecule has 3 rings (SSSR count). The lowest BCUT2D eigenvalue weighted by atomic mass is 9.96. The van der Waals surface area contributed by atoms with Gasteiger partial charge in [-0.3, -0.25) is 19.6 Å². The third kappa shape index (κ3) is 9.16. The Bertz CT molecular complexity index is 1230. The molecule has 1 heterocycles. The highest BCUT2D eigenvalue weighted by Gasteiger charge is 2.29. The molecule has 0 aliphatic carbocycles. The van der Waals surface area contributed by atoms with Gasteiger partial charge < -0.3 is 20.9 Å². The lowest BCUT2D eigenvalue weighted by molar-refractivity contribution is -0.129. The molecule has 5 amide bonds. The van der Waals surface area contributed by atoms with Crippen LogP contribution in [0.3, 0.4) is 0 Å². The number of urea groups is 1. The van der Waals surface area contributed by atoms with Crippen molar-refractivity contribution in [3.63, 3.8) is 0 Å². The molecule has 1 aliphatic heterocycles. The lowest BCUT2D eigenvalue weighted by Gasteiger charge is -2.32. The van der Waals surface area contributed by atoms with E-state index < -0.39 is 29.5 Å². The number of nitrogens with zero attached hydrogens (tertiary/aromatic N) is 1. The van der Waals surface area contributed by atoms with Crippen LogP contribution in [0, 0.1) is 17.6 Å². The molecule has 40 heavy (non-hydrogen) atoms. The summed E-state index contributed by atoms with van der Waals surface area (Å²) in [7, 11) is 0. The third-order valence-corrected chi connectivity index (χ3v) is 6.78. The first kappa shape index (κ1) is 30.8. The molecule has 0 saturated carbocycles. The standard InChI is InChI=1S/C27H32ClF2N5O5/c28-20-10-9-19(15-21(20)29)32-27(39)33-23-11-8-17(14-22(23)30)26(38)35-13-5-6-18(16-35)25(37)31-12-4-2-1-3-7-24(36)34-40/h8-11,14-15,18,40H,1-7,12-13,16H2,(H,31,37)(H,34,36)(H2,32,33,39). The average Bonchev–Trinajstić information content (AvgIpc) is 2.94. The summed E-state index contributed by atoms with van der Waals surface area (Å²) in [5.74, 6) is -2.91. The number of unbranched alkanes of at least 4 members (excludes halogenated alkanes) is 3. The summed E-state index contributed by atoms with van der Waals surface area (Å²) in [5, 5.41) is 15.9. The number of rotatable bonds is 11. The minimum atomic E-state index is -0.827. The first-order valence-electron chi connectivity index (χ1n) is 13.0. The van der Waals surface area contributed by atoms with Crippen molar-refractivity contribution in [1.82, 2.24) is 15.7 Å². The molecule has 5 N–H and O–H groups in total. The number of hydrogen-bond acceptors (Lipinski definition) is 5.